The van der Waals surface area contributed by atoms with Gasteiger partial charge in [-0.3, -0.25) is 4.57 Å². The Morgan fingerprint density at radius 2 is 1.96 bits per heavy atom. The first-order valence-electron chi connectivity index (χ1n) is 7.75. The number of thioether (sulfide) groups is 1. The summed E-state index contributed by atoms with van der Waals surface area (Å²) in [6, 6.07) is 8.93. The van der Waals surface area contributed by atoms with Gasteiger partial charge in [-0.15, -0.1) is 10.2 Å². The smallest absolute Gasteiger partial charge is 0.416 e. The normalized spacial score (nSPS) is 12.1. The quantitative estimate of drug-likeness (QED) is 0.439. The van der Waals surface area contributed by atoms with Crippen molar-refractivity contribution in [2.75, 3.05) is 0 Å². The number of hydrogen-bond donors (Lipinski definition) is 0. The molecule has 9 heteroatoms. The first-order valence-corrected chi connectivity index (χ1v) is 9.53. The van der Waals surface area contributed by atoms with E-state index in [1.54, 1.807) is 18.2 Å². The van der Waals surface area contributed by atoms with Crippen LogP contribution in [0.5, 0.6) is 0 Å². The molecule has 0 saturated carbocycles. The van der Waals surface area contributed by atoms with E-state index in [9.17, 15) is 13.2 Å². The number of furan rings is 1. The molecule has 0 bridgehead atoms. The van der Waals surface area contributed by atoms with Gasteiger partial charge in [0.25, 0.3) is 0 Å². The molecule has 0 saturated heterocycles. The van der Waals surface area contributed by atoms with Gasteiger partial charge in [0, 0.05) is 11.8 Å². The van der Waals surface area contributed by atoms with Crippen molar-refractivity contribution >= 4 is 27.7 Å². The Kier molecular flexibility index (Phi) is 5.47. The number of benzene rings is 1. The van der Waals surface area contributed by atoms with E-state index in [1.165, 1.54) is 17.8 Å². The molecule has 26 heavy (non-hydrogen) atoms. The molecule has 0 aliphatic rings. The van der Waals surface area contributed by atoms with Gasteiger partial charge >= 0.3 is 6.18 Å². The van der Waals surface area contributed by atoms with E-state index in [4.69, 9.17) is 4.42 Å². The van der Waals surface area contributed by atoms with Gasteiger partial charge in [-0.25, -0.2) is 0 Å². The number of alkyl halides is 3. The minimum Gasteiger partial charge on any atom is -0.446 e. The molecule has 0 aliphatic heterocycles. The lowest BCUT2D eigenvalue weighted by molar-refractivity contribution is -0.137. The van der Waals surface area contributed by atoms with Crippen LogP contribution >= 0.6 is 27.7 Å². The molecule has 4 nitrogen and oxygen atoms in total. The van der Waals surface area contributed by atoms with Crippen LogP contribution < -0.4 is 0 Å². The SMILES string of the molecule is CC(C)n1c(SCc2cccc(C(F)(F)F)c2)nnc1-c1ccc(Br)o1. The highest BCUT2D eigenvalue weighted by Crippen LogP contribution is 2.33. The van der Waals surface area contributed by atoms with Gasteiger partial charge < -0.3 is 4.42 Å². The summed E-state index contributed by atoms with van der Waals surface area (Å²) in [6.45, 7) is 3.97. The van der Waals surface area contributed by atoms with Gasteiger partial charge in [-0.2, -0.15) is 13.2 Å². The highest BCUT2D eigenvalue weighted by atomic mass is 79.9. The van der Waals surface area contributed by atoms with Crippen molar-refractivity contribution < 1.29 is 17.6 Å². The van der Waals surface area contributed by atoms with Crippen LogP contribution in [-0.2, 0) is 11.9 Å². The maximum absolute atomic E-state index is 12.8. The van der Waals surface area contributed by atoms with Crippen molar-refractivity contribution in [1.29, 1.82) is 0 Å². The average Bonchev–Trinajstić information content (AvgIpc) is 3.18. The highest BCUT2D eigenvalue weighted by Gasteiger charge is 2.30. The molecule has 0 spiro atoms. The second-order valence-electron chi connectivity index (χ2n) is 5.86. The lowest BCUT2D eigenvalue weighted by Gasteiger charge is -2.13. The van der Waals surface area contributed by atoms with Crippen molar-refractivity contribution in [3.63, 3.8) is 0 Å². The van der Waals surface area contributed by atoms with E-state index in [0.717, 1.165) is 12.1 Å². The van der Waals surface area contributed by atoms with Gasteiger partial charge in [0.05, 0.1) is 5.56 Å². The predicted octanol–water partition coefficient (Wildman–Crippen LogP) is 6.19. The van der Waals surface area contributed by atoms with Crippen molar-refractivity contribution in [2.45, 2.75) is 37.0 Å². The van der Waals surface area contributed by atoms with E-state index in [0.29, 0.717) is 32.7 Å². The Labute approximate surface area is 160 Å². The summed E-state index contributed by atoms with van der Waals surface area (Å²) < 4.78 is 46.6. The van der Waals surface area contributed by atoms with Crippen LogP contribution in [0.2, 0.25) is 0 Å². The molecule has 0 fully saturated rings. The second-order valence-corrected chi connectivity index (χ2v) is 7.58. The Hall–Kier alpha value is -1.74. The third-order valence-corrected chi connectivity index (χ3v) is 5.04. The van der Waals surface area contributed by atoms with Crippen molar-refractivity contribution in [1.82, 2.24) is 14.8 Å². The Bertz CT molecular complexity index is 905. The second kappa shape index (κ2) is 7.48. The summed E-state index contributed by atoms with van der Waals surface area (Å²) in [4.78, 5) is 0. The fraction of sp³-hybridized carbons (Fsp3) is 0.294. The van der Waals surface area contributed by atoms with E-state index in [1.807, 2.05) is 18.4 Å². The number of hydrogen-bond acceptors (Lipinski definition) is 4. The summed E-state index contributed by atoms with van der Waals surface area (Å²) in [5.41, 5.74) is -0.0764. The predicted molar refractivity (Wildman–Crippen MR) is 96.8 cm³/mol. The zero-order valence-electron chi connectivity index (χ0n) is 13.9. The maximum atomic E-state index is 12.8. The van der Waals surface area contributed by atoms with E-state index in [2.05, 4.69) is 26.1 Å². The molecule has 0 aliphatic carbocycles. The largest absolute Gasteiger partial charge is 0.446 e. The Balaban J connectivity index is 1.84. The van der Waals surface area contributed by atoms with Crippen LogP contribution in [0.3, 0.4) is 0 Å². The molecule has 0 unspecified atom stereocenters. The van der Waals surface area contributed by atoms with E-state index in [-0.39, 0.29) is 6.04 Å². The molecule has 3 aromatic rings. The van der Waals surface area contributed by atoms with Gasteiger partial charge in [0.2, 0.25) is 5.82 Å². The van der Waals surface area contributed by atoms with Crippen LogP contribution in [0.4, 0.5) is 13.2 Å². The Morgan fingerprint density at radius 1 is 1.19 bits per heavy atom. The molecule has 138 valence electrons. The average molecular weight is 446 g/mol. The van der Waals surface area contributed by atoms with Crippen molar-refractivity contribution in [3.8, 4) is 11.6 Å². The first kappa shape index (κ1) is 19.0. The number of rotatable bonds is 5. The van der Waals surface area contributed by atoms with Crippen LogP contribution in [0.25, 0.3) is 11.6 Å². The molecule has 0 amide bonds. The van der Waals surface area contributed by atoms with Gasteiger partial charge in [0.15, 0.2) is 15.6 Å². The van der Waals surface area contributed by atoms with Crippen LogP contribution in [0.1, 0.15) is 31.0 Å². The standard InChI is InChI=1S/C17H15BrF3N3OS/c1-10(2)24-15(13-6-7-14(18)25-13)22-23-16(24)26-9-11-4-3-5-12(8-11)17(19,20)21/h3-8,10H,9H2,1-2H3. The topological polar surface area (TPSA) is 43.9 Å². The molecule has 1 aromatic carbocycles. The third kappa shape index (κ3) is 4.15. The number of aromatic nitrogens is 3. The Morgan fingerprint density at radius 3 is 2.58 bits per heavy atom. The maximum Gasteiger partial charge on any atom is 0.416 e. The summed E-state index contributed by atoms with van der Waals surface area (Å²) in [5.74, 6) is 1.51. The van der Waals surface area contributed by atoms with Crippen molar-refractivity contribution in [3.05, 3.63) is 52.2 Å². The molecular formula is C17H15BrF3N3OS. The van der Waals surface area contributed by atoms with Crippen LogP contribution in [0, 0.1) is 0 Å². The zero-order valence-corrected chi connectivity index (χ0v) is 16.3. The first-order chi connectivity index (χ1) is 12.3. The minimum atomic E-state index is -4.35. The minimum absolute atomic E-state index is 0.0629. The molecule has 0 N–H and O–H groups in total. The van der Waals surface area contributed by atoms with Gasteiger partial charge in [-0.1, -0.05) is 30.0 Å². The van der Waals surface area contributed by atoms with Crippen LogP contribution in [-0.4, -0.2) is 14.8 Å². The van der Waals surface area contributed by atoms with E-state index < -0.39 is 11.7 Å². The lowest BCUT2D eigenvalue weighted by atomic mass is 10.1. The summed E-state index contributed by atoms with van der Waals surface area (Å²) in [5, 5.41) is 9.00. The monoisotopic (exact) mass is 445 g/mol. The molecule has 2 aromatic heterocycles. The molecule has 0 radical (unpaired) electrons. The summed E-state index contributed by atoms with van der Waals surface area (Å²) >= 11 is 4.60. The zero-order chi connectivity index (χ0) is 18.9. The highest BCUT2D eigenvalue weighted by molar-refractivity contribution is 9.10. The summed E-state index contributed by atoms with van der Waals surface area (Å²) in [7, 11) is 0. The molecule has 2 heterocycles. The number of halogens is 4. The molecule has 0 atom stereocenters. The van der Waals surface area contributed by atoms with Crippen molar-refractivity contribution in [2.24, 2.45) is 0 Å². The van der Waals surface area contributed by atoms with E-state index >= 15 is 0 Å². The molecule has 3 rings (SSSR count). The fourth-order valence-electron chi connectivity index (χ4n) is 2.43. The number of nitrogens with zero attached hydrogens (tertiary/aromatic N) is 3. The van der Waals surface area contributed by atoms with Crippen LogP contribution in [0.15, 0.2) is 50.6 Å². The van der Waals surface area contributed by atoms with Gasteiger partial charge in [0.1, 0.15) is 0 Å². The van der Waals surface area contributed by atoms with Gasteiger partial charge in [-0.05, 0) is 53.5 Å². The summed E-state index contributed by atoms with van der Waals surface area (Å²) in [6.07, 6.45) is -4.35. The third-order valence-electron chi connectivity index (χ3n) is 3.60. The fourth-order valence-corrected chi connectivity index (χ4v) is 3.75. The lowest BCUT2D eigenvalue weighted by Crippen LogP contribution is -2.06. The molecular weight excluding hydrogens is 431 g/mol.